The number of aromatic nitrogens is 2. The number of imidazole rings is 1. The monoisotopic (exact) mass is 426 g/mol. The van der Waals surface area contributed by atoms with Crippen LogP contribution in [0.15, 0.2) is 66.7 Å². The van der Waals surface area contributed by atoms with Crippen LogP contribution in [0.2, 0.25) is 0 Å². The van der Waals surface area contributed by atoms with E-state index in [0.29, 0.717) is 0 Å². The predicted octanol–water partition coefficient (Wildman–Crippen LogP) is 7.48. The Morgan fingerprint density at radius 3 is 2.34 bits per heavy atom. The maximum Gasteiger partial charge on any atom is 0.141 e. The lowest BCUT2D eigenvalue weighted by atomic mass is 9.87. The Labute approximate surface area is 192 Å². The van der Waals surface area contributed by atoms with Crippen LogP contribution in [0, 0.1) is 13.8 Å². The Balaban J connectivity index is 1.43. The van der Waals surface area contributed by atoms with Gasteiger partial charge in [-0.1, -0.05) is 68.8 Å². The van der Waals surface area contributed by atoms with Gasteiger partial charge >= 0.3 is 0 Å². The molecule has 0 aliphatic heterocycles. The largest absolute Gasteiger partial charge is 0.494 e. The van der Waals surface area contributed by atoms with Crippen molar-refractivity contribution < 1.29 is 4.74 Å². The summed E-state index contributed by atoms with van der Waals surface area (Å²) in [6.45, 7) is 12.6. The molecule has 3 aromatic carbocycles. The third kappa shape index (κ3) is 4.88. The highest BCUT2D eigenvalue weighted by molar-refractivity contribution is 5.81. The molecule has 4 aromatic rings. The molecular weight excluding hydrogens is 392 g/mol. The van der Waals surface area contributed by atoms with Crippen molar-refractivity contribution in [2.24, 2.45) is 0 Å². The summed E-state index contributed by atoms with van der Waals surface area (Å²) in [5.41, 5.74) is 7.50. The zero-order chi connectivity index (χ0) is 22.7. The van der Waals surface area contributed by atoms with Gasteiger partial charge < -0.3 is 9.30 Å². The first kappa shape index (κ1) is 22.1. The summed E-state index contributed by atoms with van der Waals surface area (Å²) < 4.78 is 8.37. The van der Waals surface area contributed by atoms with Gasteiger partial charge in [-0.3, -0.25) is 0 Å². The van der Waals surface area contributed by atoms with Gasteiger partial charge in [0.2, 0.25) is 0 Å². The molecule has 0 unspecified atom stereocenters. The highest BCUT2D eigenvalue weighted by Gasteiger charge is 2.15. The molecule has 0 aliphatic rings. The van der Waals surface area contributed by atoms with Crippen molar-refractivity contribution in [1.29, 1.82) is 0 Å². The second kappa shape index (κ2) is 9.20. The van der Waals surface area contributed by atoms with E-state index in [2.05, 4.69) is 106 Å². The van der Waals surface area contributed by atoms with Gasteiger partial charge in [0.15, 0.2) is 0 Å². The van der Waals surface area contributed by atoms with Crippen LogP contribution in [0.25, 0.3) is 22.4 Å². The molecule has 0 aliphatic carbocycles. The molecule has 0 fully saturated rings. The zero-order valence-corrected chi connectivity index (χ0v) is 20.0. The number of rotatable bonds is 7. The Hall–Kier alpha value is -3.07. The highest BCUT2D eigenvalue weighted by Crippen LogP contribution is 2.28. The molecule has 0 bridgehead atoms. The lowest BCUT2D eigenvalue weighted by molar-refractivity contribution is 0.303. The average molecular weight is 427 g/mol. The van der Waals surface area contributed by atoms with Gasteiger partial charge in [-0.2, -0.15) is 0 Å². The summed E-state index contributed by atoms with van der Waals surface area (Å²) in [4.78, 5) is 4.98. The number of fused-ring (bicyclic) bond motifs is 1. The van der Waals surface area contributed by atoms with Crippen molar-refractivity contribution in [1.82, 2.24) is 9.55 Å². The SMILES string of the molecule is Cc1ccc(-c2nc3ccccc3n2CCCCOc2ccc(C(C)(C)C)cc2)c(C)c1. The molecule has 4 rings (SSSR count). The summed E-state index contributed by atoms with van der Waals surface area (Å²) in [6.07, 6.45) is 2.04. The predicted molar refractivity (Wildman–Crippen MR) is 135 cm³/mol. The third-order valence-corrected chi connectivity index (χ3v) is 6.04. The van der Waals surface area contributed by atoms with Crippen LogP contribution in [0.4, 0.5) is 0 Å². The van der Waals surface area contributed by atoms with E-state index < -0.39 is 0 Å². The number of aryl methyl sites for hydroxylation is 3. The van der Waals surface area contributed by atoms with Gasteiger partial charge in [0, 0.05) is 12.1 Å². The van der Waals surface area contributed by atoms with E-state index in [1.807, 2.05) is 0 Å². The fourth-order valence-corrected chi connectivity index (χ4v) is 4.19. The topological polar surface area (TPSA) is 27.1 Å². The van der Waals surface area contributed by atoms with Gasteiger partial charge in [-0.05, 0) is 67.5 Å². The molecule has 0 N–H and O–H groups in total. The minimum atomic E-state index is 0.166. The number of hydrogen-bond donors (Lipinski definition) is 0. The molecule has 166 valence electrons. The second-order valence-corrected chi connectivity index (χ2v) is 9.72. The fraction of sp³-hybridized carbons (Fsp3) is 0.345. The van der Waals surface area contributed by atoms with Crippen LogP contribution in [-0.4, -0.2) is 16.2 Å². The summed E-state index contributed by atoms with van der Waals surface area (Å²) >= 11 is 0. The quantitative estimate of drug-likeness (QED) is 0.286. The molecule has 3 heteroatoms. The number of para-hydroxylation sites is 2. The maximum absolute atomic E-state index is 6.00. The van der Waals surface area contributed by atoms with Crippen LogP contribution >= 0.6 is 0 Å². The molecule has 3 nitrogen and oxygen atoms in total. The number of nitrogens with zero attached hydrogens (tertiary/aromatic N) is 2. The number of benzene rings is 3. The summed E-state index contributed by atoms with van der Waals surface area (Å²) in [7, 11) is 0. The molecule has 0 saturated carbocycles. The van der Waals surface area contributed by atoms with Crippen molar-refractivity contribution in [3.63, 3.8) is 0 Å². The van der Waals surface area contributed by atoms with E-state index in [0.717, 1.165) is 43.1 Å². The lowest BCUT2D eigenvalue weighted by Crippen LogP contribution is -2.10. The third-order valence-electron chi connectivity index (χ3n) is 6.04. The average Bonchev–Trinajstić information content (AvgIpc) is 3.11. The van der Waals surface area contributed by atoms with Crippen molar-refractivity contribution >= 4 is 11.0 Å². The first-order valence-corrected chi connectivity index (χ1v) is 11.6. The summed E-state index contributed by atoms with van der Waals surface area (Å²) in [6, 6.07) is 23.5. The van der Waals surface area contributed by atoms with Crippen molar-refractivity contribution in [3.05, 3.63) is 83.4 Å². The molecule has 0 atom stereocenters. The fourth-order valence-electron chi connectivity index (χ4n) is 4.19. The van der Waals surface area contributed by atoms with E-state index in [9.17, 15) is 0 Å². The Morgan fingerprint density at radius 1 is 0.875 bits per heavy atom. The van der Waals surface area contributed by atoms with Crippen LogP contribution in [0.3, 0.4) is 0 Å². The molecule has 32 heavy (non-hydrogen) atoms. The Kier molecular flexibility index (Phi) is 6.36. The zero-order valence-electron chi connectivity index (χ0n) is 20.0. The molecular formula is C29H34N2O. The maximum atomic E-state index is 6.00. The molecule has 0 amide bonds. The highest BCUT2D eigenvalue weighted by atomic mass is 16.5. The number of unbranched alkanes of at least 4 members (excludes halogenated alkanes) is 1. The normalized spacial score (nSPS) is 11.8. The smallest absolute Gasteiger partial charge is 0.141 e. The number of hydrogen-bond acceptors (Lipinski definition) is 2. The minimum absolute atomic E-state index is 0.166. The Morgan fingerprint density at radius 2 is 1.62 bits per heavy atom. The first-order valence-electron chi connectivity index (χ1n) is 11.6. The minimum Gasteiger partial charge on any atom is -0.494 e. The second-order valence-electron chi connectivity index (χ2n) is 9.72. The molecule has 1 heterocycles. The summed E-state index contributed by atoms with van der Waals surface area (Å²) in [5.74, 6) is 2.00. The van der Waals surface area contributed by atoms with Crippen LogP contribution < -0.4 is 4.74 Å². The van der Waals surface area contributed by atoms with E-state index in [4.69, 9.17) is 9.72 Å². The van der Waals surface area contributed by atoms with E-state index in [1.54, 1.807) is 0 Å². The standard InChI is InChI=1S/C29H34N2O/c1-21-12-17-25(22(2)20-21)28-30-26-10-6-7-11-27(26)31(28)18-8-9-19-32-24-15-13-23(14-16-24)29(3,4)5/h6-7,10-17,20H,8-9,18-19H2,1-5H3. The molecule has 0 radical (unpaired) electrons. The lowest BCUT2D eigenvalue weighted by Gasteiger charge is -2.19. The van der Waals surface area contributed by atoms with Crippen LogP contribution in [0.1, 0.15) is 50.3 Å². The van der Waals surface area contributed by atoms with Gasteiger partial charge in [0.05, 0.1) is 17.6 Å². The van der Waals surface area contributed by atoms with Crippen LogP contribution in [-0.2, 0) is 12.0 Å². The molecule has 1 aromatic heterocycles. The van der Waals surface area contributed by atoms with Crippen molar-refractivity contribution in [2.75, 3.05) is 6.61 Å². The van der Waals surface area contributed by atoms with Gasteiger partial charge in [-0.25, -0.2) is 4.98 Å². The summed E-state index contributed by atoms with van der Waals surface area (Å²) in [5, 5.41) is 0. The van der Waals surface area contributed by atoms with Gasteiger partial charge in [-0.15, -0.1) is 0 Å². The molecule has 0 saturated heterocycles. The van der Waals surface area contributed by atoms with Crippen molar-refractivity contribution in [3.8, 4) is 17.1 Å². The van der Waals surface area contributed by atoms with E-state index >= 15 is 0 Å². The van der Waals surface area contributed by atoms with Gasteiger partial charge in [0.1, 0.15) is 11.6 Å². The van der Waals surface area contributed by atoms with Crippen LogP contribution in [0.5, 0.6) is 5.75 Å². The molecule has 0 spiro atoms. The Bertz CT molecular complexity index is 1200. The number of ether oxygens (including phenoxy) is 1. The van der Waals surface area contributed by atoms with E-state index in [1.165, 1.54) is 27.8 Å². The van der Waals surface area contributed by atoms with E-state index in [-0.39, 0.29) is 5.41 Å². The van der Waals surface area contributed by atoms with Crippen molar-refractivity contribution in [2.45, 2.75) is 59.4 Å². The first-order chi connectivity index (χ1) is 15.3. The van der Waals surface area contributed by atoms with Gasteiger partial charge in [0.25, 0.3) is 0 Å².